The van der Waals surface area contributed by atoms with E-state index in [0.29, 0.717) is 5.69 Å². The first kappa shape index (κ1) is 12.3. The minimum atomic E-state index is -3.00. The molecule has 0 amide bonds. The fraction of sp³-hybridized carbons (Fsp3) is 0.333. The summed E-state index contributed by atoms with van der Waals surface area (Å²) in [6.45, 7) is 0.235. The van der Waals surface area contributed by atoms with E-state index in [2.05, 4.69) is 5.32 Å². The molecule has 0 spiro atoms. The molecule has 0 fully saturated rings. The summed E-state index contributed by atoms with van der Waals surface area (Å²) in [6.07, 6.45) is 1.15. The second-order valence-corrected chi connectivity index (χ2v) is 5.91. The van der Waals surface area contributed by atoms with Crippen LogP contribution in [0.1, 0.15) is 0 Å². The van der Waals surface area contributed by atoms with Gasteiger partial charge in [0, 0.05) is 23.5 Å². The topological polar surface area (TPSA) is 46.2 Å². The zero-order valence-electron chi connectivity index (χ0n) is 8.13. The summed E-state index contributed by atoms with van der Waals surface area (Å²) in [6, 6.07) is 3.98. The van der Waals surface area contributed by atoms with Gasteiger partial charge in [0.25, 0.3) is 0 Å². The van der Waals surface area contributed by atoms with Gasteiger partial charge in [0.15, 0.2) is 0 Å². The van der Waals surface area contributed by atoms with E-state index in [4.69, 9.17) is 11.6 Å². The van der Waals surface area contributed by atoms with Gasteiger partial charge in [0.2, 0.25) is 0 Å². The Labute approximate surface area is 93.2 Å². The lowest BCUT2D eigenvalue weighted by Crippen LogP contribution is -2.14. The van der Waals surface area contributed by atoms with Gasteiger partial charge >= 0.3 is 0 Å². The Balaban J connectivity index is 2.58. The van der Waals surface area contributed by atoms with Gasteiger partial charge in [-0.2, -0.15) is 0 Å². The summed E-state index contributed by atoms with van der Waals surface area (Å²) >= 11 is 5.62. The highest BCUT2D eigenvalue weighted by Crippen LogP contribution is 2.17. The Bertz CT molecular complexity index is 427. The number of sulfone groups is 1. The maximum Gasteiger partial charge on any atom is 0.149 e. The molecule has 15 heavy (non-hydrogen) atoms. The molecule has 84 valence electrons. The van der Waals surface area contributed by atoms with Crippen molar-refractivity contribution in [1.29, 1.82) is 0 Å². The molecular formula is C9H11ClFNO2S. The van der Waals surface area contributed by atoms with Crippen molar-refractivity contribution in [2.75, 3.05) is 23.9 Å². The van der Waals surface area contributed by atoms with Crippen LogP contribution in [0, 0.1) is 5.82 Å². The molecule has 1 rings (SSSR count). The highest BCUT2D eigenvalue weighted by molar-refractivity contribution is 7.90. The summed E-state index contributed by atoms with van der Waals surface area (Å²) in [5, 5.41) is 3.05. The fourth-order valence-corrected chi connectivity index (χ4v) is 1.73. The smallest absolute Gasteiger partial charge is 0.149 e. The van der Waals surface area contributed by atoms with Crippen molar-refractivity contribution < 1.29 is 12.8 Å². The molecule has 0 bridgehead atoms. The minimum absolute atomic E-state index is 0.00112. The zero-order valence-corrected chi connectivity index (χ0v) is 9.70. The lowest BCUT2D eigenvalue weighted by Gasteiger charge is -2.05. The molecule has 1 N–H and O–H groups in total. The molecule has 0 aromatic heterocycles. The molecule has 0 aliphatic carbocycles. The molecule has 1 aromatic carbocycles. The first-order valence-corrected chi connectivity index (χ1v) is 6.68. The van der Waals surface area contributed by atoms with Gasteiger partial charge < -0.3 is 5.32 Å². The van der Waals surface area contributed by atoms with Gasteiger partial charge in [-0.15, -0.1) is 0 Å². The zero-order chi connectivity index (χ0) is 11.5. The molecule has 0 radical (unpaired) electrons. The largest absolute Gasteiger partial charge is 0.384 e. The number of hydrogen-bond donors (Lipinski definition) is 1. The molecule has 0 atom stereocenters. The van der Waals surface area contributed by atoms with Gasteiger partial charge in [-0.1, -0.05) is 11.6 Å². The molecule has 0 aliphatic rings. The predicted molar refractivity (Wildman–Crippen MR) is 59.6 cm³/mol. The van der Waals surface area contributed by atoms with Gasteiger partial charge in [-0.25, -0.2) is 12.8 Å². The second kappa shape index (κ2) is 4.81. The summed E-state index contributed by atoms with van der Waals surface area (Å²) < 4.78 is 34.5. The van der Waals surface area contributed by atoms with Gasteiger partial charge in [-0.3, -0.25) is 0 Å². The summed E-state index contributed by atoms with van der Waals surface area (Å²) in [4.78, 5) is 0. The van der Waals surface area contributed by atoms with Crippen LogP contribution in [-0.4, -0.2) is 27.0 Å². The third-order valence-electron chi connectivity index (χ3n) is 1.66. The van der Waals surface area contributed by atoms with E-state index < -0.39 is 15.7 Å². The van der Waals surface area contributed by atoms with Crippen LogP contribution in [-0.2, 0) is 9.84 Å². The van der Waals surface area contributed by atoms with Crippen LogP contribution in [0.4, 0.5) is 10.1 Å². The molecule has 6 heteroatoms. The Morgan fingerprint density at radius 2 is 2.07 bits per heavy atom. The van der Waals surface area contributed by atoms with Gasteiger partial charge in [-0.05, 0) is 18.2 Å². The number of nitrogens with one attached hydrogen (secondary N) is 1. The van der Waals surface area contributed by atoms with Crippen molar-refractivity contribution >= 4 is 27.1 Å². The van der Waals surface area contributed by atoms with Crippen LogP contribution in [0.25, 0.3) is 0 Å². The number of benzene rings is 1. The summed E-state index contributed by atoms with van der Waals surface area (Å²) in [5.74, 6) is -0.453. The normalized spacial score (nSPS) is 11.4. The standard InChI is InChI=1S/C9H11ClFNO2S/c1-15(13,14)3-2-12-9-5-7(10)4-8(11)6-9/h4-6,12H,2-3H2,1H3. The molecule has 0 heterocycles. The second-order valence-electron chi connectivity index (χ2n) is 3.21. The first-order chi connectivity index (χ1) is 6.87. The van der Waals surface area contributed by atoms with E-state index in [0.717, 1.165) is 6.26 Å². The predicted octanol–water partition coefficient (Wildman–Crippen LogP) is 1.94. The third kappa shape index (κ3) is 4.99. The Kier molecular flexibility index (Phi) is 3.93. The van der Waals surface area contributed by atoms with Crippen molar-refractivity contribution in [3.8, 4) is 0 Å². The average Bonchev–Trinajstić information content (AvgIpc) is 1.99. The van der Waals surface area contributed by atoms with Crippen molar-refractivity contribution in [3.05, 3.63) is 29.0 Å². The number of rotatable bonds is 4. The highest BCUT2D eigenvalue weighted by atomic mass is 35.5. The Morgan fingerprint density at radius 3 is 2.60 bits per heavy atom. The lowest BCUT2D eigenvalue weighted by molar-refractivity contribution is 0.602. The quantitative estimate of drug-likeness (QED) is 0.890. The first-order valence-electron chi connectivity index (χ1n) is 4.24. The monoisotopic (exact) mass is 251 g/mol. The van der Waals surface area contributed by atoms with Crippen LogP contribution in [0.3, 0.4) is 0 Å². The molecule has 0 saturated heterocycles. The number of anilines is 1. The SMILES string of the molecule is CS(=O)(=O)CCNc1cc(F)cc(Cl)c1. The van der Waals surface area contributed by atoms with E-state index in [-0.39, 0.29) is 17.3 Å². The number of halogens is 2. The molecule has 0 aliphatic heterocycles. The summed E-state index contributed by atoms with van der Waals surface area (Å²) in [5.41, 5.74) is 0.476. The fourth-order valence-electron chi connectivity index (χ4n) is 1.04. The number of hydrogen-bond acceptors (Lipinski definition) is 3. The highest BCUT2D eigenvalue weighted by Gasteiger charge is 2.02. The van der Waals surface area contributed by atoms with E-state index in [1.54, 1.807) is 0 Å². The summed E-state index contributed by atoms with van der Waals surface area (Å²) in [7, 11) is -3.00. The van der Waals surface area contributed by atoms with E-state index >= 15 is 0 Å². The maximum absolute atomic E-state index is 12.8. The van der Waals surface area contributed by atoms with Crippen molar-refractivity contribution in [1.82, 2.24) is 0 Å². The van der Waals surface area contributed by atoms with Crippen LogP contribution in [0.15, 0.2) is 18.2 Å². The van der Waals surface area contributed by atoms with Crippen LogP contribution in [0.2, 0.25) is 5.02 Å². The molecule has 3 nitrogen and oxygen atoms in total. The Hall–Kier alpha value is -0.810. The van der Waals surface area contributed by atoms with Crippen LogP contribution < -0.4 is 5.32 Å². The molecule has 0 saturated carbocycles. The van der Waals surface area contributed by atoms with Crippen molar-refractivity contribution in [2.45, 2.75) is 0 Å². The average molecular weight is 252 g/mol. The molecule has 0 unspecified atom stereocenters. The van der Waals surface area contributed by atoms with Crippen molar-refractivity contribution in [3.63, 3.8) is 0 Å². The van der Waals surface area contributed by atoms with Gasteiger partial charge in [0.1, 0.15) is 15.7 Å². The third-order valence-corrected chi connectivity index (χ3v) is 2.83. The van der Waals surface area contributed by atoms with Crippen molar-refractivity contribution in [2.24, 2.45) is 0 Å². The maximum atomic E-state index is 12.8. The Morgan fingerprint density at radius 1 is 1.40 bits per heavy atom. The van der Waals surface area contributed by atoms with Crippen LogP contribution in [0.5, 0.6) is 0 Å². The lowest BCUT2D eigenvalue weighted by atomic mass is 10.3. The van der Waals surface area contributed by atoms with E-state index in [9.17, 15) is 12.8 Å². The molecular weight excluding hydrogens is 241 g/mol. The molecule has 1 aromatic rings. The van der Waals surface area contributed by atoms with Gasteiger partial charge in [0.05, 0.1) is 5.75 Å². The minimum Gasteiger partial charge on any atom is -0.384 e. The van der Waals surface area contributed by atoms with Crippen LogP contribution >= 0.6 is 11.6 Å². The van der Waals surface area contributed by atoms with E-state index in [1.165, 1.54) is 18.2 Å². The van der Waals surface area contributed by atoms with E-state index in [1.807, 2.05) is 0 Å².